The van der Waals surface area contributed by atoms with Crippen LogP contribution in [0.1, 0.15) is 50.0 Å². The number of aliphatic hydroxyl groups is 1. The van der Waals surface area contributed by atoms with Crippen LogP contribution in [0.25, 0.3) is 0 Å². The maximum atomic E-state index is 11.2. The molecule has 2 rings (SSSR count). The largest absolute Gasteiger partial charge is 0.490 e. The third-order valence-electron chi connectivity index (χ3n) is 3.57. The molecular weight excluding hydrogens is 356 g/mol. The molecule has 0 aliphatic rings. The molecule has 154 valence electrons. The topological polar surface area (TPSA) is 72.8 Å². The van der Waals surface area contributed by atoms with E-state index < -0.39 is 0 Å². The quantitative estimate of drug-likeness (QED) is 0.506. The van der Waals surface area contributed by atoms with Crippen molar-refractivity contribution in [3.05, 3.63) is 59.7 Å². The molecule has 2 aromatic carbocycles. The molecule has 2 aromatic rings. The summed E-state index contributed by atoms with van der Waals surface area (Å²) in [6.45, 7) is 7.99. The second-order valence-corrected chi connectivity index (χ2v) is 5.62. The zero-order valence-corrected chi connectivity index (χ0v) is 17.5. The smallest absolute Gasteiger partial charge is 0.159 e. The van der Waals surface area contributed by atoms with Crippen LogP contribution < -0.4 is 9.47 Å². The van der Waals surface area contributed by atoms with Crippen molar-refractivity contribution in [1.82, 2.24) is 0 Å². The summed E-state index contributed by atoms with van der Waals surface area (Å²) in [4.78, 5) is 22.2. The van der Waals surface area contributed by atoms with E-state index in [4.69, 9.17) is 14.6 Å². The molecule has 0 fully saturated rings. The summed E-state index contributed by atoms with van der Waals surface area (Å²) in [5.41, 5.74) is 1.79. The second-order valence-electron chi connectivity index (χ2n) is 5.62. The first kappa shape index (κ1) is 25.3. The molecule has 0 unspecified atom stereocenters. The minimum Gasteiger partial charge on any atom is -0.490 e. The van der Waals surface area contributed by atoms with Gasteiger partial charge < -0.3 is 19.4 Å². The number of aryl methyl sites for hydroxylation is 1. The highest BCUT2D eigenvalue weighted by Crippen LogP contribution is 2.15. The molecule has 0 bridgehead atoms. The zero-order chi connectivity index (χ0) is 21.4. The molecule has 0 atom stereocenters. The molecule has 0 aliphatic carbocycles. The van der Waals surface area contributed by atoms with Crippen molar-refractivity contribution >= 4 is 11.6 Å². The molecular formula is C23H32O5. The Morgan fingerprint density at radius 2 is 1.21 bits per heavy atom. The average Bonchev–Trinajstić information content (AvgIpc) is 2.74. The molecule has 0 aromatic heterocycles. The van der Waals surface area contributed by atoms with E-state index in [1.54, 1.807) is 31.2 Å². The average molecular weight is 389 g/mol. The highest BCUT2D eigenvalue weighted by molar-refractivity contribution is 5.94. The summed E-state index contributed by atoms with van der Waals surface area (Å²) in [5, 5.41) is 7.00. The Hall–Kier alpha value is -2.66. The first-order valence-electron chi connectivity index (χ1n) is 9.44. The predicted octanol–water partition coefficient (Wildman–Crippen LogP) is 4.50. The van der Waals surface area contributed by atoms with Crippen LogP contribution in [0.4, 0.5) is 0 Å². The Bertz CT molecular complexity index is 675. The number of ether oxygens (including phenoxy) is 2. The Balaban J connectivity index is 0.00000171. The molecule has 28 heavy (non-hydrogen) atoms. The first-order chi connectivity index (χ1) is 13.5. The second kappa shape index (κ2) is 15.4. The predicted molar refractivity (Wildman–Crippen MR) is 112 cm³/mol. The van der Waals surface area contributed by atoms with Crippen molar-refractivity contribution in [3.8, 4) is 11.5 Å². The summed E-state index contributed by atoms with van der Waals surface area (Å²) in [6.07, 6.45) is 1.32. The van der Waals surface area contributed by atoms with Crippen LogP contribution in [0, 0.1) is 0 Å². The lowest BCUT2D eigenvalue weighted by molar-refractivity contribution is -0.116. The number of carbonyl (C=O) groups is 2. The molecule has 5 nitrogen and oxygen atoms in total. The summed E-state index contributed by atoms with van der Waals surface area (Å²) in [7, 11) is 1.00. The number of aliphatic hydroxyl groups excluding tert-OH is 1. The van der Waals surface area contributed by atoms with E-state index in [0.717, 1.165) is 24.8 Å². The molecule has 1 N–H and O–H groups in total. The van der Waals surface area contributed by atoms with Gasteiger partial charge in [-0.15, -0.1) is 0 Å². The van der Waals surface area contributed by atoms with Crippen molar-refractivity contribution in [2.24, 2.45) is 0 Å². The van der Waals surface area contributed by atoms with Crippen molar-refractivity contribution in [2.45, 2.75) is 40.5 Å². The van der Waals surface area contributed by atoms with Gasteiger partial charge in [-0.1, -0.05) is 26.0 Å². The Kier molecular flexibility index (Phi) is 13.9. The molecule has 5 heteroatoms. The standard InChI is InChI=1S/C20H22O4.C2H6.CH4O/c1-15(21)3-4-17-5-9-19(10-6-17)23-13-14-24-20-11-7-18(8-12-20)16(2)22;2*1-2/h5-12H,3-4,13-14H2,1-2H3;1-2H3;2H,1H3. The van der Waals surface area contributed by atoms with Gasteiger partial charge in [0.1, 0.15) is 30.5 Å². The SMILES string of the molecule is CC.CC(=O)CCc1ccc(OCCOc2ccc(C(C)=O)cc2)cc1.CO. The normalized spacial score (nSPS) is 9.21. The third kappa shape index (κ3) is 10.5. The number of rotatable bonds is 9. The van der Waals surface area contributed by atoms with Crippen LogP contribution in [-0.4, -0.2) is 37.0 Å². The van der Waals surface area contributed by atoms with Crippen molar-refractivity contribution in [3.63, 3.8) is 0 Å². The molecule has 0 aliphatic heterocycles. The zero-order valence-electron chi connectivity index (χ0n) is 17.5. The van der Waals surface area contributed by atoms with Crippen LogP contribution >= 0.6 is 0 Å². The molecule has 0 amide bonds. The van der Waals surface area contributed by atoms with Gasteiger partial charge in [-0.25, -0.2) is 0 Å². The van der Waals surface area contributed by atoms with E-state index in [1.165, 1.54) is 6.92 Å². The van der Waals surface area contributed by atoms with E-state index in [0.29, 0.717) is 30.9 Å². The maximum absolute atomic E-state index is 11.2. The lowest BCUT2D eigenvalue weighted by Crippen LogP contribution is -2.09. The molecule has 0 saturated heterocycles. The highest BCUT2D eigenvalue weighted by atomic mass is 16.5. The van der Waals surface area contributed by atoms with Crippen LogP contribution in [0.3, 0.4) is 0 Å². The van der Waals surface area contributed by atoms with E-state index in [1.807, 2.05) is 38.1 Å². The van der Waals surface area contributed by atoms with Crippen LogP contribution in [0.15, 0.2) is 48.5 Å². The Morgan fingerprint density at radius 1 is 0.786 bits per heavy atom. The fourth-order valence-corrected chi connectivity index (χ4v) is 2.18. The van der Waals surface area contributed by atoms with E-state index in [-0.39, 0.29) is 11.6 Å². The van der Waals surface area contributed by atoms with Gasteiger partial charge in [-0.05, 0) is 62.2 Å². The Labute approximate surface area is 168 Å². The number of benzene rings is 2. The minimum atomic E-state index is 0.0385. The summed E-state index contributed by atoms with van der Waals surface area (Å²) < 4.78 is 11.2. The molecule has 0 saturated carbocycles. The van der Waals surface area contributed by atoms with Gasteiger partial charge in [-0.2, -0.15) is 0 Å². The van der Waals surface area contributed by atoms with Gasteiger partial charge in [0.05, 0.1) is 0 Å². The van der Waals surface area contributed by atoms with Gasteiger partial charge in [0, 0.05) is 19.1 Å². The van der Waals surface area contributed by atoms with Gasteiger partial charge >= 0.3 is 0 Å². The van der Waals surface area contributed by atoms with Crippen molar-refractivity contribution in [1.29, 1.82) is 0 Å². The molecule has 0 spiro atoms. The van der Waals surface area contributed by atoms with E-state index >= 15 is 0 Å². The summed E-state index contributed by atoms with van der Waals surface area (Å²) in [6, 6.07) is 14.8. The lowest BCUT2D eigenvalue weighted by atomic mass is 10.1. The number of carbonyl (C=O) groups excluding carboxylic acids is 2. The monoisotopic (exact) mass is 388 g/mol. The van der Waals surface area contributed by atoms with Gasteiger partial charge in [0.25, 0.3) is 0 Å². The molecule has 0 heterocycles. The fourth-order valence-electron chi connectivity index (χ4n) is 2.18. The number of hydrogen-bond acceptors (Lipinski definition) is 5. The first-order valence-corrected chi connectivity index (χ1v) is 9.44. The van der Waals surface area contributed by atoms with E-state index in [2.05, 4.69) is 0 Å². The van der Waals surface area contributed by atoms with Crippen molar-refractivity contribution in [2.75, 3.05) is 20.3 Å². The highest BCUT2D eigenvalue weighted by Gasteiger charge is 2.01. The van der Waals surface area contributed by atoms with E-state index in [9.17, 15) is 9.59 Å². The van der Waals surface area contributed by atoms with Gasteiger partial charge in [0.15, 0.2) is 5.78 Å². The van der Waals surface area contributed by atoms with Gasteiger partial charge in [-0.3, -0.25) is 4.79 Å². The Morgan fingerprint density at radius 3 is 1.61 bits per heavy atom. The van der Waals surface area contributed by atoms with Crippen LogP contribution in [0.2, 0.25) is 0 Å². The summed E-state index contributed by atoms with van der Waals surface area (Å²) in [5.74, 6) is 1.72. The van der Waals surface area contributed by atoms with Crippen LogP contribution in [0.5, 0.6) is 11.5 Å². The fraction of sp³-hybridized carbons (Fsp3) is 0.391. The number of Topliss-reactive ketones (excluding diaryl/α,β-unsaturated/α-hetero) is 2. The number of hydrogen-bond donors (Lipinski definition) is 1. The maximum Gasteiger partial charge on any atom is 0.159 e. The molecule has 0 radical (unpaired) electrons. The van der Waals surface area contributed by atoms with Gasteiger partial charge in [0.2, 0.25) is 0 Å². The minimum absolute atomic E-state index is 0.0385. The lowest BCUT2D eigenvalue weighted by Gasteiger charge is -2.09. The summed E-state index contributed by atoms with van der Waals surface area (Å²) >= 11 is 0. The van der Waals surface area contributed by atoms with Crippen molar-refractivity contribution < 1.29 is 24.2 Å². The third-order valence-corrected chi connectivity index (χ3v) is 3.57. The van der Waals surface area contributed by atoms with Crippen LogP contribution in [-0.2, 0) is 11.2 Å². The number of ketones is 2.